The van der Waals surface area contributed by atoms with E-state index in [1.54, 1.807) is 6.42 Å². The molecular weight excluding hydrogens is 318 g/mol. The summed E-state index contributed by atoms with van der Waals surface area (Å²) < 4.78 is 0. The Morgan fingerprint density at radius 2 is 0.846 bits per heavy atom. The highest BCUT2D eigenvalue weighted by Crippen LogP contribution is 2.32. The van der Waals surface area contributed by atoms with Gasteiger partial charge >= 0.3 is 0 Å². The second-order valence-corrected chi connectivity index (χ2v) is 8.09. The third-order valence-electron chi connectivity index (χ3n) is 5.96. The van der Waals surface area contributed by atoms with Crippen molar-refractivity contribution in [1.82, 2.24) is 14.7 Å². The predicted octanol–water partition coefficient (Wildman–Crippen LogP) is 5.21. The maximum atomic E-state index is 2.48. The van der Waals surface area contributed by atoms with Crippen molar-refractivity contribution in [1.29, 1.82) is 0 Å². The second kappa shape index (κ2) is 17.0. The summed E-state index contributed by atoms with van der Waals surface area (Å²) in [7, 11) is 6.61. The van der Waals surface area contributed by atoms with Gasteiger partial charge in [0.05, 0.1) is 0 Å². The van der Waals surface area contributed by atoms with Gasteiger partial charge in [-0.25, -0.2) is 0 Å². The largest absolute Gasteiger partial charge is 0.306 e. The molecule has 1 saturated carbocycles. The molecule has 0 N–H and O–H groups in total. The predicted molar refractivity (Wildman–Crippen MR) is 119 cm³/mol. The Morgan fingerprint density at radius 1 is 0.500 bits per heavy atom. The van der Waals surface area contributed by atoms with Gasteiger partial charge in [0.15, 0.2) is 0 Å². The molecule has 0 aromatic rings. The van der Waals surface area contributed by atoms with Gasteiger partial charge in [0.2, 0.25) is 0 Å². The Kier molecular flexibility index (Phi) is 16.9. The van der Waals surface area contributed by atoms with E-state index >= 15 is 0 Å². The van der Waals surface area contributed by atoms with Crippen LogP contribution in [0, 0.1) is 11.8 Å². The van der Waals surface area contributed by atoms with Crippen LogP contribution in [0.25, 0.3) is 0 Å². The standard InChI is InChI=1S/C13H25N.C6H14N2.2C2H6/c1-14-9-7-13(8-10-14)11-12-5-3-2-4-6-12;1-7-3-5-8(2)6-4-7;2*1-2/h12-13H,2-11H2,1H3;3-6H2,1-2H3;2*1-2H3. The topological polar surface area (TPSA) is 9.72 Å². The minimum absolute atomic E-state index is 1.06. The van der Waals surface area contributed by atoms with Crippen molar-refractivity contribution in [3.63, 3.8) is 0 Å². The Bertz CT molecular complexity index is 263. The lowest BCUT2D eigenvalue weighted by Gasteiger charge is -2.32. The highest BCUT2D eigenvalue weighted by molar-refractivity contribution is 4.75. The first-order valence-corrected chi connectivity index (χ1v) is 11.7. The van der Waals surface area contributed by atoms with Crippen LogP contribution in [0.15, 0.2) is 0 Å². The van der Waals surface area contributed by atoms with Crippen LogP contribution in [0.4, 0.5) is 0 Å². The number of likely N-dealkylation sites (N-methyl/N-ethyl adjacent to an activating group) is 2. The highest BCUT2D eigenvalue weighted by Gasteiger charge is 2.21. The molecule has 158 valence electrons. The Labute approximate surface area is 166 Å². The molecule has 2 aliphatic heterocycles. The smallest absolute Gasteiger partial charge is 0.0107 e. The number of piperidine rings is 1. The second-order valence-electron chi connectivity index (χ2n) is 8.09. The molecule has 26 heavy (non-hydrogen) atoms. The summed E-state index contributed by atoms with van der Waals surface area (Å²) in [5.41, 5.74) is 0. The van der Waals surface area contributed by atoms with Gasteiger partial charge in [-0.2, -0.15) is 0 Å². The Morgan fingerprint density at radius 3 is 1.27 bits per heavy atom. The van der Waals surface area contributed by atoms with Crippen LogP contribution < -0.4 is 0 Å². The van der Waals surface area contributed by atoms with Gasteiger partial charge < -0.3 is 14.7 Å². The molecule has 3 aliphatic rings. The van der Waals surface area contributed by atoms with Crippen LogP contribution in [-0.4, -0.2) is 75.1 Å². The number of rotatable bonds is 2. The van der Waals surface area contributed by atoms with Crippen LogP contribution >= 0.6 is 0 Å². The number of hydrogen-bond acceptors (Lipinski definition) is 3. The fourth-order valence-electron chi connectivity index (χ4n) is 4.10. The fourth-order valence-corrected chi connectivity index (χ4v) is 4.10. The average molecular weight is 370 g/mol. The summed E-state index contributed by atoms with van der Waals surface area (Å²) >= 11 is 0. The van der Waals surface area contributed by atoms with Crippen molar-refractivity contribution in [3.8, 4) is 0 Å². The van der Waals surface area contributed by atoms with E-state index < -0.39 is 0 Å². The molecule has 0 atom stereocenters. The van der Waals surface area contributed by atoms with E-state index in [9.17, 15) is 0 Å². The van der Waals surface area contributed by atoms with Crippen molar-refractivity contribution in [2.24, 2.45) is 11.8 Å². The molecule has 2 saturated heterocycles. The first kappa shape index (κ1) is 25.9. The molecule has 3 heteroatoms. The maximum absolute atomic E-state index is 2.48. The fraction of sp³-hybridized carbons (Fsp3) is 1.00. The van der Waals surface area contributed by atoms with Gasteiger partial charge in [0.25, 0.3) is 0 Å². The molecular formula is C23H51N3. The SMILES string of the molecule is CC.CC.CN1CCC(CC2CCCCC2)CC1.CN1CCN(C)CC1. The molecule has 2 heterocycles. The van der Waals surface area contributed by atoms with Crippen molar-refractivity contribution >= 4 is 0 Å². The lowest BCUT2D eigenvalue weighted by molar-refractivity contribution is 0.181. The van der Waals surface area contributed by atoms with Crippen molar-refractivity contribution in [3.05, 3.63) is 0 Å². The van der Waals surface area contributed by atoms with Crippen molar-refractivity contribution in [2.45, 2.75) is 79.1 Å². The zero-order valence-corrected chi connectivity index (χ0v) is 19.4. The van der Waals surface area contributed by atoms with Gasteiger partial charge in [-0.05, 0) is 65.3 Å². The number of piperazine rings is 1. The van der Waals surface area contributed by atoms with E-state index in [0.717, 1.165) is 11.8 Å². The number of likely N-dealkylation sites (tertiary alicyclic amines) is 1. The Hall–Kier alpha value is -0.120. The van der Waals surface area contributed by atoms with Gasteiger partial charge in [-0.3, -0.25) is 0 Å². The first-order valence-electron chi connectivity index (χ1n) is 11.7. The maximum Gasteiger partial charge on any atom is 0.0107 e. The van der Waals surface area contributed by atoms with Gasteiger partial charge in [-0.15, -0.1) is 0 Å². The number of hydrogen-bond donors (Lipinski definition) is 0. The van der Waals surface area contributed by atoms with E-state index in [0.29, 0.717) is 0 Å². The van der Waals surface area contributed by atoms with Crippen LogP contribution in [-0.2, 0) is 0 Å². The Balaban J connectivity index is 0.000000444. The van der Waals surface area contributed by atoms with Crippen molar-refractivity contribution < 1.29 is 0 Å². The van der Waals surface area contributed by atoms with Gasteiger partial charge in [-0.1, -0.05) is 59.8 Å². The normalized spacial score (nSPS) is 23.7. The average Bonchev–Trinajstić information content (AvgIpc) is 2.70. The van der Waals surface area contributed by atoms with Crippen LogP contribution in [0.2, 0.25) is 0 Å². The van der Waals surface area contributed by atoms with Gasteiger partial charge in [0.1, 0.15) is 0 Å². The third-order valence-corrected chi connectivity index (χ3v) is 5.96. The van der Waals surface area contributed by atoms with Crippen LogP contribution in [0.1, 0.15) is 79.1 Å². The quantitative estimate of drug-likeness (QED) is 0.661. The first-order chi connectivity index (χ1) is 12.6. The minimum Gasteiger partial charge on any atom is -0.306 e. The lowest BCUT2D eigenvalue weighted by atomic mass is 9.80. The lowest BCUT2D eigenvalue weighted by Crippen LogP contribution is -2.42. The number of nitrogens with zero attached hydrogens (tertiary/aromatic N) is 3. The molecule has 3 rings (SSSR count). The molecule has 3 fully saturated rings. The van der Waals surface area contributed by atoms with Crippen molar-refractivity contribution in [2.75, 3.05) is 60.4 Å². The zero-order chi connectivity index (χ0) is 19.8. The molecule has 1 aliphatic carbocycles. The molecule has 0 bridgehead atoms. The summed E-state index contributed by atoms with van der Waals surface area (Å²) in [6.07, 6.45) is 12.1. The molecule has 0 aromatic heterocycles. The highest BCUT2D eigenvalue weighted by atomic mass is 15.2. The molecule has 0 aromatic carbocycles. The monoisotopic (exact) mass is 369 g/mol. The van der Waals surface area contributed by atoms with Crippen LogP contribution in [0.3, 0.4) is 0 Å². The minimum atomic E-state index is 1.06. The van der Waals surface area contributed by atoms with E-state index in [1.165, 1.54) is 84.2 Å². The molecule has 0 amide bonds. The summed E-state index contributed by atoms with van der Waals surface area (Å²) in [4.78, 5) is 7.21. The molecule has 0 radical (unpaired) electrons. The van der Waals surface area contributed by atoms with E-state index in [4.69, 9.17) is 0 Å². The summed E-state index contributed by atoms with van der Waals surface area (Å²) in [5, 5.41) is 0. The van der Waals surface area contributed by atoms with E-state index in [2.05, 4.69) is 35.8 Å². The summed E-state index contributed by atoms with van der Waals surface area (Å²) in [5.74, 6) is 2.16. The zero-order valence-electron chi connectivity index (χ0n) is 19.4. The van der Waals surface area contributed by atoms with E-state index in [1.807, 2.05) is 27.7 Å². The van der Waals surface area contributed by atoms with Crippen LogP contribution in [0.5, 0.6) is 0 Å². The molecule has 0 unspecified atom stereocenters. The van der Waals surface area contributed by atoms with Gasteiger partial charge in [0, 0.05) is 26.2 Å². The molecule has 0 spiro atoms. The summed E-state index contributed by atoms with van der Waals surface area (Å²) in [6, 6.07) is 0. The van der Waals surface area contributed by atoms with E-state index in [-0.39, 0.29) is 0 Å². The molecule has 3 nitrogen and oxygen atoms in total. The third kappa shape index (κ3) is 12.3. The summed E-state index contributed by atoms with van der Waals surface area (Å²) in [6.45, 7) is 15.6.